The van der Waals surface area contributed by atoms with Crippen LogP contribution in [0.15, 0.2) is 35.8 Å². The number of benzene rings is 1. The van der Waals surface area contributed by atoms with E-state index in [1.807, 2.05) is 11.4 Å². The molecule has 8 heteroatoms. The van der Waals surface area contributed by atoms with E-state index in [9.17, 15) is 9.59 Å². The van der Waals surface area contributed by atoms with Gasteiger partial charge in [0.25, 0.3) is 11.8 Å². The Balaban J connectivity index is 1.58. The number of aryl methyl sites for hydroxylation is 1. The Morgan fingerprint density at radius 2 is 2.04 bits per heavy atom. The number of fused-ring (bicyclic) bond motifs is 1. The number of nitrogens with two attached hydrogens (primary N) is 1. The molecule has 4 N–H and O–H groups in total. The van der Waals surface area contributed by atoms with Crippen LogP contribution in [0.5, 0.6) is 0 Å². The summed E-state index contributed by atoms with van der Waals surface area (Å²) in [6.45, 7) is 0. The van der Waals surface area contributed by atoms with E-state index in [1.165, 1.54) is 22.7 Å². The lowest BCUT2D eigenvalue weighted by atomic mass is 9.95. The molecular formula is C19H18N4O2S2. The molecule has 1 aromatic carbocycles. The van der Waals surface area contributed by atoms with Crippen LogP contribution in [0.1, 0.15) is 44.0 Å². The van der Waals surface area contributed by atoms with Gasteiger partial charge in [-0.15, -0.1) is 22.7 Å². The van der Waals surface area contributed by atoms with Gasteiger partial charge in [0.05, 0.1) is 5.56 Å². The Bertz CT molecular complexity index is 995. The van der Waals surface area contributed by atoms with Crippen LogP contribution in [0, 0.1) is 0 Å². The number of anilines is 3. The van der Waals surface area contributed by atoms with Crippen molar-refractivity contribution in [3.8, 4) is 0 Å². The van der Waals surface area contributed by atoms with Crippen LogP contribution >= 0.6 is 22.7 Å². The van der Waals surface area contributed by atoms with Gasteiger partial charge in [-0.25, -0.2) is 4.98 Å². The number of thiophene rings is 1. The monoisotopic (exact) mass is 398 g/mol. The molecule has 1 aliphatic rings. The molecule has 0 fully saturated rings. The Morgan fingerprint density at radius 3 is 2.81 bits per heavy atom. The fraction of sp³-hybridized carbons (Fsp3) is 0.211. The molecule has 0 atom stereocenters. The average molecular weight is 399 g/mol. The summed E-state index contributed by atoms with van der Waals surface area (Å²) in [4.78, 5) is 30.1. The first-order chi connectivity index (χ1) is 13.1. The number of carbonyl (C=O) groups excluding carboxylic acids is 2. The van der Waals surface area contributed by atoms with Gasteiger partial charge in [-0.2, -0.15) is 0 Å². The van der Waals surface area contributed by atoms with Crippen LogP contribution in [-0.4, -0.2) is 16.8 Å². The van der Waals surface area contributed by atoms with E-state index in [0.717, 1.165) is 46.9 Å². The zero-order chi connectivity index (χ0) is 18.8. The Labute approximate surface area is 164 Å². The number of primary amides is 1. The molecule has 2 amide bonds. The summed E-state index contributed by atoms with van der Waals surface area (Å²) in [5.41, 5.74) is 8.35. The van der Waals surface area contributed by atoms with Gasteiger partial charge in [-0.1, -0.05) is 6.07 Å². The van der Waals surface area contributed by atoms with Crippen LogP contribution in [0.25, 0.3) is 0 Å². The third kappa shape index (κ3) is 3.72. The van der Waals surface area contributed by atoms with Gasteiger partial charge in [0, 0.05) is 27.7 Å². The van der Waals surface area contributed by atoms with Gasteiger partial charge in [0.1, 0.15) is 5.00 Å². The number of hydrogen-bond donors (Lipinski definition) is 3. The summed E-state index contributed by atoms with van der Waals surface area (Å²) in [7, 11) is 0. The minimum atomic E-state index is -0.483. The van der Waals surface area contributed by atoms with Crippen molar-refractivity contribution >= 4 is 50.3 Å². The van der Waals surface area contributed by atoms with Crippen LogP contribution in [0.3, 0.4) is 0 Å². The molecule has 0 bridgehead atoms. The lowest BCUT2D eigenvalue weighted by Crippen LogP contribution is -2.18. The molecule has 3 aromatic rings. The number of rotatable bonds is 5. The molecule has 138 valence electrons. The maximum absolute atomic E-state index is 12.8. The number of thiazole rings is 1. The highest BCUT2D eigenvalue weighted by Crippen LogP contribution is 2.38. The summed E-state index contributed by atoms with van der Waals surface area (Å²) in [5.74, 6) is -0.747. The highest BCUT2D eigenvalue weighted by Gasteiger charge is 2.25. The normalized spacial score (nSPS) is 13.0. The second-order valence-electron chi connectivity index (χ2n) is 6.28. The van der Waals surface area contributed by atoms with E-state index in [4.69, 9.17) is 5.73 Å². The Morgan fingerprint density at radius 1 is 1.19 bits per heavy atom. The van der Waals surface area contributed by atoms with Crippen molar-refractivity contribution < 1.29 is 9.59 Å². The first kappa shape index (κ1) is 17.7. The predicted octanol–water partition coefficient (Wildman–Crippen LogP) is 4.18. The minimum Gasteiger partial charge on any atom is -0.365 e. The molecule has 0 saturated heterocycles. The third-order valence-electron chi connectivity index (χ3n) is 4.45. The SMILES string of the molecule is NC(=O)c1c(NC(=O)c2cccc(Nc3nccs3)c2)sc2c1CCCC2. The quantitative estimate of drug-likeness (QED) is 0.601. The number of aromatic nitrogens is 1. The summed E-state index contributed by atoms with van der Waals surface area (Å²) in [5, 5.41) is 9.25. The molecule has 6 nitrogen and oxygen atoms in total. The van der Waals surface area contributed by atoms with Crippen LogP contribution in [-0.2, 0) is 12.8 Å². The van der Waals surface area contributed by atoms with Crippen molar-refractivity contribution in [3.63, 3.8) is 0 Å². The van der Waals surface area contributed by atoms with Gasteiger partial charge in [-0.05, 0) is 49.4 Å². The number of nitrogens with zero attached hydrogens (tertiary/aromatic N) is 1. The summed E-state index contributed by atoms with van der Waals surface area (Å²) in [6, 6.07) is 7.17. The van der Waals surface area contributed by atoms with E-state index < -0.39 is 5.91 Å². The molecule has 4 rings (SSSR count). The van der Waals surface area contributed by atoms with Gasteiger partial charge >= 0.3 is 0 Å². The molecule has 2 heterocycles. The molecule has 0 unspecified atom stereocenters. The van der Waals surface area contributed by atoms with Gasteiger partial charge < -0.3 is 16.4 Å². The standard InChI is InChI=1S/C19H18N4O2S2/c20-16(24)15-13-6-1-2-7-14(13)27-18(15)23-17(25)11-4-3-5-12(10-11)22-19-21-8-9-26-19/h3-5,8-10H,1-2,6-7H2,(H2,20,24)(H,21,22)(H,23,25). The topological polar surface area (TPSA) is 97.1 Å². The molecule has 0 aliphatic heterocycles. The van der Waals surface area contributed by atoms with Crippen LogP contribution < -0.4 is 16.4 Å². The maximum atomic E-state index is 12.8. The Hall–Kier alpha value is -2.71. The first-order valence-corrected chi connectivity index (χ1v) is 10.3. The minimum absolute atomic E-state index is 0.265. The second-order valence-corrected chi connectivity index (χ2v) is 8.28. The van der Waals surface area contributed by atoms with Crippen LogP contribution in [0.4, 0.5) is 15.8 Å². The zero-order valence-electron chi connectivity index (χ0n) is 14.5. The number of amides is 2. The van der Waals surface area contributed by atoms with Crippen molar-refractivity contribution in [2.45, 2.75) is 25.7 Å². The number of hydrogen-bond acceptors (Lipinski definition) is 6. The molecule has 0 spiro atoms. The lowest BCUT2D eigenvalue weighted by Gasteiger charge is -2.11. The smallest absolute Gasteiger partial charge is 0.256 e. The molecular weight excluding hydrogens is 380 g/mol. The fourth-order valence-corrected chi connectivity index (χ4v) is 5.08. The second kappa shape index (κ2) is 7.50. The average Bonchev–Trinajstić information content (AvgIpc) is 3.28. The maximum Gasteiger partial charge on any atom is 0.256 e. The highest BCUT2D eigenvalue weighted by atomic mass is 32.1. The molecule has 1 aliphatic carbocycles. The molecule has 0 radical (unpaired) electrons. The van der Waals surface area contributed by atoms with Crippen molar-refractivity contribution in [1.82, 2.24) is 4.98 Å². The van der Waals surface area contributed by atoms with E-state index >= 15 is 0 Å². The van der Waals surface area contributed by atoms with Gasteiger partial charge in [0.2, 0.25) is 0 Å². The van der Waals surface area contributed by atoms with Crippen molar-refractivity contribution in [3.05, 3.63) is 57.4 Å². The Kier molecular flexibility index (Phi) is 4.91. The van der Waals surface area contributed by atoms with Crippen molar-refractivity contribution in [1.29, 1.82) is 0 Å². The lowest BCUT2D eigenvalue weighted by molar-refractivity contribution is 0.100. The molecule has 2 aromatic heterocycles. The summed E-state index contributed by atoms with van der Waals surface area (Å²) >= 11 is 2.95. The molecule has 0 saturated carbocycles. The predicted molar refractivity (Wildman–Crippen MR) is 109 cm³/mol. The number of nitrogens with one attached hydrogen (secondary N) is 2. The van der Waals surface area contributed by atoms with E-state index in [-0.39, 0.29) is 5.91 Å². The molecule has 27 heavy (non-hydrogen) atoms. The van der Waals surface area contributed by atoms with Crippen LogP contribution in [0.2, 0.25) is 0 Å². The van der Waals surface area contributed by atoms with E-state index in [2.05, 4.69) is 15.6 Å². The zero-order valence-corrected chi connectivity index (χ0v) is 16.1. The van der Waals surface area contributed by atoms with Crippen molar-refractivity contribution in [2.75, 3.05) is 10.6 Å². The van der Waals surface area contributed by atoms with E-state index in [0.29, 0.717) is 16.1 Å². The van der Waals surface area contributed by atoms with Crippen molar-refractivity contribution in [2.24, 2.45) is 5.73 Å². The number of carbonyl (C=O) groups is 2. The summed E-state index contributed by atoms with van der Waals surface area (Å²) in [6.07, 6.45) is 5.63. The third-order valence-corrected chi connectivity index (χ3v) is 6.35. The first-order valence-electron chi connectivity index (χ1n) is 8.64. The van der Waals surface area contributed by atoms with Gasteiger partial charge in [-0.3, -0.25) is 9.59 Å². The van der Waals surface area contributed by atoms with Gasteiger partial charge in [0.15, 0.2) is 5.13 Å². The fourth-order valence-electron chi connectivity index (χ4n) is 3.24. The van der Waals surface area contributed by atoms with E-state index in [1.54, 1.807) is 24.4 Å². The highest BCUT2D eigenvalue weighted by molar-refractivity contribution is 7.17. The summed E-state index contributed by atoms with van der Waals surface area (Å²) < 4.78 is 0. The largest absolute Gasteiger partial charge is 0.365 e.